The SMILES string of the molecule is c1ccc([Si](c2cccc(-c3ccc4c(c3)-c3ccccc3B3c5ccccc5-c5ccccc5N34)c2)(c2ccc3c(c2)-c2ccccc2N2B3c3ccccc3-c3ccccc32)c2ccc3c(c2)-c2ccccc2B2c4ccccc4-c4ccccc4N23)cc1. The molecule has 6 aliphatic heterocycles. The standard InChI is InChI=1S/C84H54B3N3Si/c1-2-24-57(25-3-1)91(59-46-48-78-70(53-59)69-35-12-21-44-82(69)88-79-41-18-9-32-66(79)63-29-6-15-38-75(63)87(78)88,60-47-50-84-72(54-60)65-31-8-17-40-77(65)86-74-37-14-5-28-62(74)68-34-11-20-43-81(68)90(84)86)58-26-22-23-55(51-58)56-45-49-83-71(52-56)64-30-7-16-39-76(64)85-73-36-13-4-27-61(73)67-33-10-19-42-80(67)89(83)85/h1-54H. The normalized spacial score (nSPS) is 14.1. The van der Waals surface area contributed by atoms with Gasteiger partial charge in [0, 0.05) is 67.5 Å². The Morgan fingerprint density at radius 2 is 0.473 bits per heavy atom. The van der Waals surface area contributed by atoms with E-state index in [0.717, 1.165) is 0 Å². The molecule has 0 spiro atoms. The summed E-state index contributed by atoms with van der Waals surface area (Å²) in [6.45, 7) is 0.0387. The molecule has 0 saturated carbocycles. The molecule has 0 fully saturated rings. The predicted molar refractivity (Wildman–Crippen MR) is 389 cm³/mol. The molecule has 1 atom stereocenters. The Bertz CT molecular complexity index is 5220. The van der Waals surface area contributed by atoms with E-state index < -0.39 is 8.07 Å². The van der Waals surface area contributed by atoms with Crippen molar-refractivity contribution in [2.24, 2.45) is 0 Å². The molecule has 0 N–H and O–H groups in total. The van der Waals surface area contributed by atoms with E-state index in [1.807, 2.05) is 0 Å². The molecule has 7 heteroatoms. The van der Waals surface area contributed by atoms with Crippen LogP contribution in [0.5, 0.6) is 0 Å². The van der Waals surface area contributed by atoms with Crippen LogP contribution in [0, 0.1) is 0 Å². The molecule has 418 valence electrons. The maximum absolute atomic E-state index is 3.39. The summed E-state index contributed by atoms with van der Waals surface area (Å²) in [5.41, 5.74) is 33.1. The van der Waals surface area contributed by atoms with E-state index >= 15 is 0 Å². The van der Waals surface area contributed by atoms with Crippen LogP contribution in [0.25, 0.3) is 77.9 Å². The van der Waals surface area contributed by atoms with E-state index in [0.29, 0.717) is 0 Å². The van der Waals surface area contributed by atoms with Crippen LogP contribution in [0.15, 0.2) is 328 Å². The molecule has 6 aliphatic rings. The first-order chi connectivity index (χ1) is 45.2. The summed E-state index contributed by atoms with van der Waals surface area (Å²) >= 11 is 0. The fraction of sp³-hybridized carbons (Fsp3) is 0. The van der Waals surface area contributed by atoms with Crippen LogP contribution in [0.2, 0.25) is 0 Å². The van der Waals surface area contributed by atoms with E-state index in [4.69, 9.17) is 0 Å². The minimum atomic E-state index is -3.39. The zero-order valence-electron chi connectivity index (χ0n) is 49.8. The van der Waals surface area contributed by atoms with Gasteiger partial charge in [-0.05, 0) is 140 Å². The summed E-state index contributed by atoms with van der Waals surface area (Å²) in [5, 5.41) is 5.35. The molecule has 0 aliphatic carbocycles. The Kier molecular flexibility index (Phi) is 10.9. The predicted octanol–water partition coefficient (Wildman–Crippen LogP) is 13.4. The summed E-state index contributed by atoms with van der Waals surface area (Å²) in [6, 6.07) is 126. The molecule has 14 aromatic rings. The van der Waals surface area contributed by atoms with E-state index in [9.17, 15) is 0 Å². The van der Waals surface area contributed by atoms with Crippen LogP contribution in [-0.4, -0.2) is 28.6 Å². The van der Waals surface area contributed by atoms with Gasteiger partial charge in [-0.3, -0.25) is 0 Å². The molecule has 0 radical (unpaired) electrons. The van der Waals surface area contributed by atoms with Crippen molar-refractivity contribution >= 4 is 116 Å². The van der Waals surface area contributed by atoms with Gasteiger partial charge < -0.3 is 14.4 Å². The summed E-state index contributed by atoms with van der Waals surface area (Å²) in [7, 11) is -3.39. The summed E-state index contributed by atoms with van der Waals surface area (Å²) in [6.07, 6.45) is 0. The molecule has 0 aromatic heterocycles. The van der Waals surface area contributed by atoms with E-state index in [-0.39, 0.29) is 20.5 Å². The fourth-order valence-corrected chi connectivity index (χ4v) is 22.1. The highest BCUT2D eigenvalue weighted by Gasteiger charge is 2.49. The molecule has 0 amide bonds. The highest BCUT2D eigenvalue weighted by molar-refractivity contribution is 7.20. The van der Waals surface area contributed by atoms with Crippen LogP contribution in [0.3, 0.4) is 0 Å². The topological polar surface area (TPSA) is 9.72 Å². The zero-order valence-corrected chi connectivity index (χ0v) is 50.8. The van der Waals surface area contributed by atoms with E-state index in [2.05, 4.69) is 342 Å². The van der Waals surface area contributed by atoms with Crippen molar-refractivity contribution in [3.8, 4) is 77.9 Å². The van der Waals surface area contributed by atoms with Gasteiger partial charge in [-0.2, -0.15) is 0 Å². The van der Waals surface area contributed by atoms with Gasteiger partial charge in [-0.25, -0.2) is 0 Å². The van der Waals surface area contributed by atoms with Crippen molar-refractivity contribution in [1.82, 2.24) is 0 Å². The monoisotopic (exact) mass is 1170 g/mol. The minimum absolute atomic E-state index is 0.0144. The average Bonchev–Trinajstić information content (AvgIpc) is 0.721. The number of fused-ring (bicyclic) bond motifs is 33. The molecule has 3 nitrogen and oxygen atoms in total. The number of para-hydroxylation sites is 4. The molecule has 0 bridgehead atoms. The minimum Gasteiger partial charge on any atom is -0.376 e. The summed E-state index contributed by atoms with van der Waals surface area (Å²) in [5.74, 6) is 0. The second-order valence-corrected chi connectivity index (χ2v) is 29.1. The molecule has 0 saturated heterocycles. The lowest BCUT2D eigenvalue weighted by atomic mass is 9.43. The van der Waals surface area contributed by atoms with Gasteiger partial charge in [0.05, 0.1) is 0 Å². The number of hydrogen-bond acceptors (Lipinski definition) is 3. The maximum Gasteiger partial charge on any atom is 0.329 e. The lowest BCUT2D eigenvalue weighted by molar-refractivity contribution is 1.35. The van der Waals surface area contributed by atoms with Gasteiger partial charge in [0.1, 0.15) is 0 Å². The number of rotatable bonds is 5. The molecule has 20 rings (SSSR count). The fourth-order valence-electron chi connectivity index (χ4n) is 17.3. The Balaban J connectivity index is 0.835. The Morgan fingerprint density at radius 3 is 0.934 bits per heavy atom. The Hall–Kier alpha value is -11.1. The maximum atomic E-state index is 2.64. The van der Waals surface area contributed by atoms with E-state index in [1.54, 1.807) is 0 Å². The van der Waals surface area contributed by atoms with Crippen molar-refractivity contribution in [2.75, 3.05) is 14.4 Å². The van der Waals surface area contributed by atoms with Gasteiger partial charge in [-0.15, -0.1) is 0 Å². The molecule has 6 heterocycles. The number of benzene rings is 14. The van der Waals surface area contributed by atoms with Crippen molar-refractivity contribution in [1.29, 1.82) is 0 Å². The first-order valence-electron chi connectivity index (χ1n) is 32.0. The number of anilines is 6. The first kappa shape index (κ1) is 50.8. The van der Waals surface area contributed by atoms with Crippen LogP contribution in [0.1, 0.15) is 0 Å². The Labute approximate surface area is 532 Å². The molecule has 1 unspecified atom stereocenters. The summed E-state index contributed by atoms with van der Waals surface area (Å²) < 4.78 is 0. The molecular weight excluding hydrogens is 1110 g/mol. The average molecular weight is 1170 g/mol. The second kappa shape index (κ2) is 19.4. The van der Waals surface area contributed by atoms with Crippen molar-refractivity contribution < 1.29 is 0 Å². The molecule has 91 heavy (non-hydrogen) atoms. The van der Waals surface area contributed by atoms with Crippen molar-refractivity contribution in [3.63, 3.8) is 0 Å². The lowest BCUT2D eigenvalue weighted by Gasteiger charge is -2.44. The van der Waals surface area contributed by atoms with Gasteiger partial charge in [0.25, 0.3) is 0 Å². The van der Waals surface area contributed by atoms with Gasteiger partial charge in [-0.1, -0.05) is 285 Å². The van der Waals surface area contributed by atoms with Crippen LogP contribution >= 0.6 is 0 Å². The smallest absolute Gasteiger partial charge is 0.329 e. The molecular formula is C84H54B3N3Si. The number of hydrogen-bond donors (Lipinski definition) is 0. The first-order valence-corrected chi connectivity index (χ1v) is 34.0. The van der Waals surface area contributed by atoms with Gasteiger partial charge in [0.2, 0.25) is 0 Å². The zero-order chi connectivity index (χ0) is 59.5. The third-order valence-corrected chi connectivity index (χ3v) is 25.7. The van der Waals surface area contributed by atoms with E-state index in [1.165, 1.54) is 166 Å². The van der Waals surface area contributed by atoms with Crippen LogP contribution in [-0.2, 0) is 0 Å². The third kappa shape index (κ3) is 7.07. The highest BCUT2D eigenvalue weighted by atomic mass is 28.3. The van der Waals surface area contributed by atoms with Gasteiger partial charge >= 0.3 is 20.5 Å². The third-order valence-electron chi connectivity index (χ3n) is 21.0. The lowest BCUT2D eigenvalue weighted by Crippen LogP contribution is -2.75. The van der Waals surface area contributed by atoms with Crippen LogP contribution < -0.4 is 68.0 Å². The van der Waals surface area contributed by atoms with Crippen LogP contribution in [0.4, 0.5) is 34.1 Å². The second-order valence-electron chi connectivity index (χ2n) is 25.3. The Morgan fingerprint density at radius 1 is 0.176 bits per heavy atom. The quantitative estimate of drug-likeness (QED) is 0.126. The number of nitrogens with zero attached hydrogens (tertiary/aromatic N) is 3. The summed E-state index contributed by atoms with van der Waals surface area (Å²) in [4.78, 5) is 7.87. The molecule has 14 aromatic carbocycles. The van der Waals surface area contributed by atoms with Crippen molar-refractivity contribution in [3.05, 3.63) is 328 Å². The van der Waals surface area contributed by atoms with Gasteiger partial charge in [0.15, 0.2) is 8.07 Å². The largest absolute Gasteiger partial charge is 0.376 e. The highest BCUT2D eigenvalue weighted by Crippen LogP contribution is 2.50. The van der Waals surface area contributed by atoms with Crippen molar-refractivity contribution in [2.45, 2.75) is 0 Å².